The normalized spacial score (nSPS) is 10.8. The first kappa shape index (κ1) is 12.6. The maximum Gasteiger partial charge on any atom is 0.195 e. The lowest BCUT2D eigenvalue weighted by Crippen LogP contribution is -2.02. The number of aromatic amines is 1. The fourth-order valence-electron chi connectivity index (χ4n) is 1.64. The number of nitrogens with zero attached hydrogens (tertiary/aromatic N) is 2. The van der Waals surface area contributed by atoms with Gasteiger partial charge in [-0.05, 0) is 36.8 Å². The van der Waals surface area contributed by atoms with E-state index in [1.54, 1.807) is 6.07 Å². The highest BCUT2D eigenvalue weighted by Crippen LogP contribution is 2.23. The lowest BCUT2D eigenvalue weighted by molar-refractivity contribution is 0.704. The van der Waals surface area contributed by atoms with Gasteiger partial charge in [-0.3, -0.25) is 5.10 Å². The van der Waals surface area contributed by atoms with Crippen LogP contribution < -0.4 is 0 Å². The topological polar surface area (TPSA) is 33.6 Å². The average Bonchev–Trinajstić information content (AvgIpc) is 2.64. The molecular formula is C11H11Cl2N3S. The van der Waals surface area contributed by atoms with Crippen molar-refractivity contribution >= 4 is 35.4 Å². The lowest BCUT2D eigenvalue weighted by atomic mass is 10.1. The molecule has 6 heteroatoms. The number of aromatic nitrogens is 3. The second kappa shape index (κ2) is 5.21. The molecule has 1 aromatic heterocycles. The molecule has 0 unspecified atom stereocenters. The van der Waals surface area contributed by atoms with E-state index in [1.165, 1.54) is 0 Å². The molecule has 0 aliphatic heterocycles. The van der Waals surface area contributed by atoms with E-state index in [1.807, 2.05) is 23.6 Å². The Morgan fingerprint density at radius 2 is 2.12 bits per heavy atom. The Labute approximate surface area is 114 Å². The van der Waals surface area contributed by atoms with Crippen LogP contribution in [0.15, 0.2) is 18.2 Å². The van der Waals surface area contributed by atoms with Crippen molar-refractivity contribution in [3.05, 3.63) is 44.4 Å². The summed E-state index contributed by atoms with van der Waals surface area (Å²) < 4.78 is 2.60. The van der Waals surface area contributed by atoms with Crippen molar-refractivity contribution in [1.82, 2.24) is 14.8 Å². The summed E-state index contributed by atoms with van der Waals surface area (Å²) in [6, 6.07) is 5.57. The summed E-state index contributed by atoms with van der Waals surface area (Å²) in [5.41, 5.74) is 1.06. The molecule has 0 fully saturated rings. The molecule has 0 saturated heterocycles. The van der Waals surface area contributed by atoms with Crippen LogP contribution in [0.2, 0.25) is 10.0 Å². The fourth-order valence-corrected chi connectivity index (χ4v) is 2.24. The van der Waals surface area contributed by atoms with Crippen LogP contribution in [0.5, 0.6) is 0 Å². The van der Waals surface area contributed by atoms with Gasteiger partial charge in [0.15, 0.2) is 4.77 Å². The predicted molar refractivity (Wildman–Crippen MR) is 72.4 cm³/mol. The minimum absolute atomic E-state index is 0.557. The van der Waals surface area contributed by atoms with E-state index in [-0.39, 0.29) is 0 Å². The molecule has 0 amide bonds. The zero-order chi connectivity index (χ0) is 12.4. The van der Waals surface area contributed by atoms with E-state index in [4.69, 9.17) is 35.4 Å². The standard InChI is InChI=1S/C11H11Cl2N3S/c1-2-16-10(14-15-11(16)17)6-7-3-4-8(12)9(13)5-7/h3-5H,2,6H2,1H3,(H,15,17). The lowest BCUT2D eigenvalue weighted by Gasteiger charge is -2.04. The van der Waals surface area contributed by atoms with E-state index >= 15 is 0 Å². The van der Waals surface area contributed by atoms with Gasteiger partial charge in [0, 0.05) is 13.0 Å². The van der Waals surface area contributed by atoms with Crippen LogP contribution in [0.4, 0.5) is 0 Å². The number of nitrogens with one attached hydrogen (secondary N) is 1. The first-order chi connectivity index (χ1) is 8.11. The number of halogens is 2. The third-order valence-electron chi connectivity index (χ3n) is 2.50. The van der Waals surface area contributed by atoms with Crippen LogP contribution >= 0.6 is 35.4 Å². The zero-order valence-electron chi connectivity index (χ0n) is 9.20. The summed E-state index contributed by atoms with van der Waals surface area (Å²) in [5, 5.41) is 8.11. The highest BCUT2D eigenvalue weighted by Gasteiger charge is 2.07. The minimum atomic E-state index is 0.557. The Morgan fingerprint density at radius 3 is 2.76 bits per heavy atom. The van der Waals surface area contributed by atoms with E-state index in [9.17, 15) is 0 Å². The molecule has 0 atom stereocenters. The van der Waals surface area contributed by atoms with Gasteiger partial charge < -0.3 is 4.57 Å². The molecule has 2 rings (SSSR count). The number of hydrogen-bond donors (Lipinski definition) is 1. The molecule has 0 radical (unpaired) electrons. The van der Waals surface area contributed by atoms with Crippen LogP contribution in [0.3, 0.4) is 0 Å². The number of benzene rings is 1. The molecule has 0 spiro atoms. The number of H-pyrrole nitrogens is 1. The van der Waals surface area contributed by atoms with Gasteiger partial charge in [-0.2, -0.15) is 5.10 Å². The second-order valence-electron chi connectivity index (χ2n) is 3.61. The molecule has 90 valence electrons. The Hall–Kier alpha value is -0.840. The maximum atomic E-state index is 5.97. The molecule has 0 saturated carbocycles. The number of rotatable bonds is 3. The van der Waals surface area contributed by atoms with Crippen molar-refractivity contribution in [2.24, 2.45) is 0 Å². The first-order valence-corrected chi connectivity index (χ1v) is 6.36. The maximum absolute atomic E-state index is 5.97. The monoisotopic (exact) mass is 287 g/mol. The molecule has 1 N–H and O–H groups in total. The summed E-state index contributed by atoms with van der Waals surface area (Å²) in [5.74, 6) is 0.899. The van der Waals surface area contributed by atoms with E-state index in [2.05, 4.69) is 10.2 Å². The summed E-state index contributed by atoms with van der Waals surface area (Å²) in [4.78, 5) is 0. The molecule has 0 aliphatic carbocycles. The molecule has 3 nitrogen and oxygen atoms in total. The number of hydrogen-bond acceptors (Lipinski definition) is 2. The third-order valence-corrected chi connectivity index (χ3v) is 3.55. The molecule has 0 aliphatic rings. The van der Waals surface area contributed by atoms with Gasteiger partial charge in [-0.25, -0.2) is 0 Å². The quantitative estimate of drug-likeness (QED) is 0.870. The highest BCUT2D eigenvalue weighted by molar-refractivity contribution is 7.71. The largest absolute Gasteiger partial charge is 0.304 e. The summed E-state index contributed by atoms with van der Waals surface area (Å²) in [7, 11) is 0. The van der Waals surface area contributed by atoms with Gasteiger partial charge in [0.2, 0.25) is 0 Å². The summed E-state index contributed by atoms with van der Waals surface area (Å²) in [6.45, 7) is 2.83. The molecule has 0 bridgehead atoms. The smallest absolute Gasteiger partial charge is 0.195 e. The van der Waals surface area contributed by atoms with Gasteiger partial charge in [-0.1, -0.05) is 29.3 Å². The van der Waals surface area contributed by atoms with Gasteiger partial charge in [0.05, 0.1) is 10.0 Å². The van der Waals surface area contributed by atoms with E-state index < -0.39 is 0 Å². The Bertz CT molecular complexity index is 589. The van der Waals surface area contributed by atoms with Crippen LogP contribution in [0.25, 0.3) is 0 Å². The summed E-state index contributed by atoms with van der Waals surface area (Å²) in [6.07, 6.45) is 0.678. The van der Waals surface area contributed by atoms with Crippen molar-refractivity contribution in [2.45, 2.75) is 19.9 Å². The van der Waals surface area contributed by atoms with Crippen LogP contribution in [-0.4, -0.2) is 14.8 Å². The van der Waals surface area contributed by atoms with Crippen molar-refractivity contribution in [2.75, 3.05) is 0 Å². The van der Waals surface area contributed by atoms with Gasteiger partial charge >= 0.3 is 0 Å². The molecule has 2 aromatic rings. The van der Waals surface area contributed by atoms with Crippen LogP contribution in [0.1, 0.15) is 18.3 Å². The molecule has 1 aromatic carbocycles. The predicted octanol–water partition coefficient (Wildman–Crippen LogP) is 3.86. The van der Waals surface area contributed by atoms with Crippen LogP contribution in [0, 0.1) is 4.77 Å². The third kappa shape index (κ3) is 2.70. The first-order valence-electron chi connectivity index (χ1n) is 5.19. The van der Waals surface area contributed by atoms with E-state index in [0.717, 1.165) is 17.9 Å². The van der Waals surface area contributed by atoms with Crippen molar-refractivity contribution in [3.63, 3.8) is 0 Å². The molecular weight excluding hydrogens is 277 g/mol. The zero-order valence-corrected chi connectivity index (χ0v) is 11.5. The van der Waals surface area contributed by atoms with Gasteiger partial charge in [0.25, 0.3) is 0 Å². The average molecular weight is 288 g/mol. The Kier molecular flexibility index (Phi) is 3.86. The van der Waals surface area contributed by atoms with Crippen molar-refractivity contribution in [3.8, 4) is 0 Å². The summed E-state index contributed by atoms with van der Waals surface area (Å²) >= 11 is 17.0. The van der Waals surface area contributed by atoms with Crippen molar-refractivity contribution < 1.29 is 0 Å². The SMILES string of the molecule is CCn1c(Cc2ccc(Cl)c(Cl)c2)n[nH]c1=S. The minimum Gasteiger partial charge on any atom is -0.304 e. The second-order valence-corrected chi connectivity index (χ2v) is 4.82. The van der Waals surface area contributed by atoms with Gasteiger partial charge in [0.1, 0.15) is 5.82 Å². The van der Waals surface area contributed by atoms with Crippen molar-refractivity contribution in [1.29, 1.82) is 0 Å². The highest BCUT2D eigenvalue weighted by atomic mass is 35.5. The fraction of sp³-hybridized carbons (Fsp3) is 0.273. The Morgan fingerprint density at radius 1 is 1.35 bits per heavy atom. The Balaban J connectivity index is 2.31. The van der Waals surface area contributed by atoms with Crippen LogP contribution in [-0.2, 0) is 13.0 Å². The van der Waals surface area contributed by atoms with Gasteiger partial charge in [-0.15, -0.1) is 0 Å². The van der Waals surface area contributed by atoms with E-state index in [0.29, 0.717) is 21.2 Å². The molecule has 17 heavy (non-hydrogen) atoms. The molecule has 1 heterocycles.